The van der Waals surface area contributed by atoms with Gasteiger partial charge in [0.15, 0.2) is 0 Å². The zero-order chi connectivity index (χ0) is 15.4. The molecule has 0 spiro atoms. The molecule has 0 saturated carbocycles. The van der Waals surface area contributed by atoms with Crippen LogP contribution in [-0.2, 0) is 6.54 Å². The Balaban J connectivity index is 1.66. The highest BCUT2D eigenvalue weighted by molar-refractivity contribution is 7.98. The van der Waals surface area contributed by atoms with E-state index in [1.165, 1.54) is 0 Å². The van der Waals surface area contributed by atoms with Crippen LogP contribution in [0.1, 0.15) is 16.1 Å². The van der Waals surface area contributed by atoms with E-state index in [4.69, 9.17) is 4.42 Å². The molecule has 1 amide bonds. The zero-order valence-electron chi connectivity index (χ0n) is 12.0. The lowest BCUT2D eigenvalue weighted by molar-refractivity contribution is 0.0945. The summed E-state index contributed by atoms with van der Waals surface area (Å²) in [6, 6.07) is 15.4. The quantitative estimate of drug-likeness (QED) is 0.692. The van der Waals surface area contributed by atoms with Crippen molar-refractivity contribution < 1.29 is 9.21 Å². The van der Waals surface area contributed by atoms with E-state index in [1.54, 1.807) is 23.1 Å². The number of rotatable bonds is 5. The van der Waals surface area contributed by atoms with E-state index < -0.39 is 0 Å². The summed E-state index contributed by atoms with van der Waals surface area (Å²) in [5, 5.41) is 4.92. The summed E-state index contributed by atoms with van der Waals surface area (Å²) in [6.07, 6.45) is 1.96. The summed E-state index contributed by atoms with van der Waals surface area (Å²) in [6.45, 7) is 0.382. The first-order valence-electron chi connectivity index (χ1n) is 6.82. The van der Waals surface area contributed by atoms with Gasteiger partial charge in [0.1, 0.15) is 11.5 Å². The van der Waals surface area contributed by atoms with Crippen molar-refractivity contribution >= 4 is 29.0 Å². The van der Waals surface area contributed by atoms with Crippen LogP contribution in [-0.4, -0.2) is 12.2 Å². The standard InChI is InChI=1S/C17H15NO2S2/c1-21-15-6-3-2-5-13(15)17(19)18-11-12-8-9-14(20-12)16-7-4-10-22-16/h2-10H,11H2,1H3,(H,18,19). The Bertz CT molecular complexity index is 763. The second-order valence-corrected chi connectivity index (χ2v) is 6.42. The lowest BCUT2D eigenvalue weighted by Gasteiger charge is -2.07. The fraction of sp³-hybridized carbons (Fsp3) is 0.118. The van der Waals surface area contributed by atoms with Crippen molar-refractivity contribution in [1.82, 2.24) is 5.32 Å². The molecule has 0 saturated heterocycles. The van der Waals surface area contributed by atoms with Gasteiger partial charge in [-0.25, -0.2) is 0 Å². The highest BCUT2D eigenvalue weighted by Crippen LogP contribution is 2.26. The molecule has 0 aliphatic carbocycles. The summed E-state index contributed by atoms with van der Waals surface area (Å²) in [5.41, 5.74) is 0.694. The Morgan fingerprint density at radius 3 is 2.82 bits per heavy atom. The Morgan fingerprint density at radius 1 is 1.18 bits per heavy atom. The number of carbonyl (C=O) groups excluding carboxylic acids is 1. The van der Waals surface area contributed by atoms with Crippen LogP contribution in [0.2, 0.25) is 0 Å². The molecule has 3 nitrogen and oxygen atoms in total. The Hall–Kier alpha value is -1.98. The Morgan fingerprint density at radius 2 is 2.05 bits per heavy atom. The molecule has 5 heteroatoms. The van der Waals surface area contributed by atoms with Crippen molar-refractivity contribution in [2.75, 3.05) is 6.26 Å². The maximum Gasteiger partial charge on any atom is 0.252 e. The van der Waals surface area contributed by atoms with Gasteiger partial charge in [-0.3, -0.25) is 4.79 Å². The zero-order valence-corrected chi connectivity index (χ0v) is 13.7. The van der Waals surface area contributed by atoms with Crippen molar-refractivity contribution in [3.8, 4) is 10.6 Å². The molecule has 0 bridgehead atoms. The van der Waals surface area contributed by atoms with Gasteiger partial charge in [-0.15, -0.1) is 23.1 Å². The van der Waals surface area contributed by atoms with Gasteiger partial charge in [0.25, 0.3) is 5.91 Å². The van der Waals surface area contributed by atoms with Crippen LogP contribution in [0.3, 0.4) is 0 Å². The largest absolute Gasteiger partial charge is 0.458 e. The molecule has 0 fully saturated rings. The minimum absolute atomic E-state index is 0.0842. The van der Waals surface area contributed by atoms with Crippen molar-refractivity contribution in [1.29, 1.82) is 0 Å². The number of carbonyl (C=O) groups is 1. The fourth-order valence-corrected chi connectivity index (χ4v) is 3.40. The SMILES string of the molecule is CSc1ccccc1C(=O)NCc1ccc(-c2cccs2)o1. The summed E-state index contributed by atoms with van der Waals surface area (Å²) in [5.74, 6) is 1.50. The second kappa shape index (κ2) is 6.85. The van der Waals surface area contributed by atoms with Crippen LogP contribution in [0.25, 0.3) is 10.6 Å². The van der Waals surface area contributed by atoms with Crippen LogP contribution >= 0.6 is 23.1 Å². The summed E-state index contributed by atoms with van der Waals surface area (Å²) in [4.78, 5) is 14.3. The number of furan rings is 1. The molecule has 0 radical (unpaired) electrons. The van der Waals surface area contributed by atoms with Gasteiger partial charge in [0, 0.05) is 4.90 Å². The Labute approximate surface area is 137 Å². The molecular formula is C17H15NO2S2. The van der Waals surface area contributed by atoms with Crippen LogP contribution in [0.15, 0.2) is 63.2 Å². The van der Waals surface area contributed by atoms with E-state index in [1.807, 2.05) is 60.2 Å². The van der Waals surface area contributed by atoms with Gasteiger partial charge >= 0.3 is 0 Å². The molecule has 3 rings (SSSR count). The minimum Gasteiger partial charge on any atom is -0.458 e. The third-order valence-corrected chi connectivity index (χ3v) is 4.88. The van der Waals surface area contributed by atoms with Gasteiger partial charge in [-0.05, 0) is 42.0 Å². The first-order chi connectivity index (χ1) is 10.8. The summed E-state index contributed by atoms with van der Waals surface area (Å²) >= 11 is 3.20. The smallest absolute Gasteiger partial charge is 0.252 e. The molecule has 112 valence electrons. The maximum absolute atomic E-state index is 12.3. The molecular weight excluding hydrogens is 314 g/mol. The third kappa shape index (κ3) is 3.26. The van der Waals surface area contributed by atoms with E-state index in [-0.39, 0.29) is 5.91 Å². The Kier molecular flexibility index (Phi) is 4.65. The van der Waals surface area contributed by atoms with Gasteiger partial charge in [-0.2, -0.15) is 0 Å². The van der Waals surface area contributed by atoms with Crippen molar-refractivity contribution in [2.24, 2.45) is 0 Å². The third-order valence-electron chi connectivity index (χ3n) is 3.20. The molecule has 22 heavy (non-hydrogen) atoms. The molecule has 0 atom stereocenters. The lowest BCUT2D eigenvalue weighted by atomic mass is 10.2. The molecule has 2 heterocycles. The number of thiophene rings is 1. The van der Waals surface area contributed by atoms with Gasteiger partial charge in [0.05, 0.1) is 17.0 Å². The van der Waals surface area contributed by atoms with Crippen LogP contribution < -0.4 is 5.32 Å². The fourth-order valence-electron chi connectivity index (χ4n) is 2.12. The molecule has 0 unspecified atom stereocenters. The summed E-state index contributed by atoms with van der Waals surface area (Å²) in [7, 11) is 0. The first kappa shape index (κ1) is 14.9. The van der Waals surface area contributed by atoms with Crippen LogP contribution in [0, 0.1) is 0 Å². The number of benzene rings is 1. The highest BCUT2D eigenvalue weighted by atomic mass is 32.2. The number of hydrogen-bond donors (Lipinski definition) is 1. The van der Waals surface area contributed by atoms with E-state index >= 15 is 0 Å². The molecule has 2 aromatic heterocycles. The first-order valence-corrected chi connectivity index (χ1v) is 8.92. The van der Waals surface area contributed by atoms with Gasteiger partial charge < -0.3 is 9.73 Å². The van der Waals surface area contributed by atoms with E-state index in [9.17, 15) is 4.79 Å². The van der Waals surface area contributed by atoms with Gasteiger partial charge in [-0.1, -0.05) is 18.2 Å². The predicted molar refractivity (Wildman–Crippen MR) is 91.4 cm³/mol. The monoisotopic (exact) mass is 329 g/mol. The number of amides is 1. The van der Waals surface area contributed by atoms with E-state index in [0.717, 1.165) is 21.3 Å². The molecule has 0 aliphatic rings. The number of nitrogens with one attached hydrogen (secondary N) is 1. The number of hydrogen-bond acceptors (Lipinski definition) is 4. The van der Waals surface area contributed by atoms with E-state index in [2.05, 4.69) is 5.32 Å². The summed E-state index contributed by atoms with van der Waals surface area (Å²) < 4.78 is 5.76. The van der Waals surface area contributed by atoms with Gasteiger partial charge in [0.2, 0.25) is 0 Å². The molecule has 1 N–H and O–H groups in total. The lowest BCUT2D eigenvalue weighted by Crippen LogP contribution is -2.23. The van der Waals surface area contributed by atoms with Crippen molar-refractivity contribution in [2.45, 2.75) is 11.4 Å². The predicted octanol–water partition coefficient (Wildman–Crippen LogP) is 4.66. The highest BCUT2D eigenvalue weighted by Gasteiger charge is 2.11. The minimum atomic E-state index is -0.0842. The molecule has 3 aromatic rings. The molecule has 1 aromatic carbocycles. The normalized spacial score (nSPS) is 10.6. The average molecular weight is 329 g/mol. The van der Waals surface area contributed by atoms with Crippen LogP contribution in [0.5, 0.6) is 0 Å². The van der Waals surface area contributed by atoms with Crippen molar-refractivity contribution in [3.05, 3.63) is 65.2 Å². The average Bonchev–Trinajstić information content (AvgIpc) is 3.23. The van der Waals surface area contributed by atoms with Crippen LogP contribution in [0.4, 0.5) is 0 Å². The topological polar surface area (TPSA) is 42.2 Å². The second-order valence-electron chi connectivity index (χ2n) is 4.63. The molecule has 0 aliphatic heterocycles. The van der Waals surface area contributed by atoms with E-state index in [0.29, 0.717) is 12.1 Å². The van der Waals surface area contributed by atoms with Crippen molar-refractivity contribution in [3.63, 3.8) is 0 Å². The number of thioether (sulfide) groups is 1. The maximum atomic E-state index is 12.3.